The van der Waals surface area contributed by atoms with E-state index in [0.29, 0.717) is 18.7 Å². The van der Waals surface area contributed by atoms with Crippen molar-refractivity contribution in [3.63, 3.8) is 0 Å². The number of carbonyl (C=O) groups excluding carboxylic acids is 2. The molecule has 7 nitrogen and oxygen atoms in total. The number of amides is 2. The zero-order valence-corrected chi connectivity index (χ0v) is 17.5. The average molecular weight is 436 g/mol. The lowest BCUT2D eigenvalue weighted by atomic mass is 10.0. The molecule has 0 radical (unpaired) electrons. The summed E-state index contributed by atoms with van der Waals surface area (Å²) in [6.45, 7) is 2.84. The molecule has 0 aromatic heterocycles. The summed E-state index contributed by atoms with van der Waals surface area (Å²) < 4.78 is 27.4. The summed E-state index contributed by atoms with van der Waals surface area (Å²) in [5, 5.41) is 0.0492. The second kappa shape index (κ2) is 8.94. The smallest absolute Gasteiger partial charge is 0.267 e. The van der Waals surface area contributed by atoms with Crippen LogP contribution >= 0.6 is 11.6 Å². The number of rotatable bonds is 4. The lowest BCUT2D eigenvalue weighted by molar-refractivity contribution is 0.0846. The van der Waals surface area contributed by atoms with Crippen LogP contribution in [0.5, 0.6) is 0 Å². The number of nitrogens with zero attached hydrogens (tertiary/aromatic N) is 1. The maximum absolute atomic E-state index is 13.0. The predicted molar refractivity (Wildman–Crippen MR) is 110 cm³/mol. The van der Waals surface area contributed by atoms with Crippen LogP contribution in [0.4, 0.5) is 0 Å². The molecule has 1 atom stereocenters. The molecular weight excluding hydrogens is 414 g/mol. The van der Waals surface area contributed by atoms with E-state index in [2.05, 4.69) is 10.9 Å². The number of nitrogens with one attached hydrogen (secondary N) is 2. The Kier molecular flexibility index (Phi) is 6.56. The molecule has 0 bridgehead atoms. The summed E-state index contributed by atoms with van der Waals surface area (Å²) >= 11 is 6.14. The van der Waals surface area contributed by atoms with Crippen molar-refractivity contribution < 1.29 is 18.0 Å². The fourth-order valence-electron chi connectivity index (χ4n) is 3.19. The van der Waals surface area contributed by atoms with Crippen molar-refractivity contribution in [2.45, 2.75) is 24.7 Å². The number of halogens is 1. The van der Waals surface area contributed by atoms with Gasteiger partial charge in [-0.05, 0) is 49.1 Å². The summed E-state index contributed by atoms with van der Waals surface area (Å²) in [5.41, 5.74) is 5.06. The number of hydrogen-bond acceptors (Lipinski definition) is 4. The quantitative estimate of drug-likeness (QED) is 0.722. The number of carbonyl (C=O) groups is 2. The molecule has 2 amide bonds. The predicted octanol–water partition coefficient (Wildman–Crippen LogP) is 2.84. The Morgan fingerprint density at radius 3 is 2.34 bits per heavy atom. The van der Waals surface area contributed by atoms with Crippen LogP contribution in [0.2, 0.25) is 5.02 Å². The van der Waals surface area contributed by atoms with E-state index in [4.69, 9.17) is 11.6 Å². The molecule has 0 spiro atoms. The summed E-state index contributed by atoms with van der Waals surface area (Å²) in [6, 6.07) is 12.4. The molecule has 2 N–H and O–H groups in total. The maximum Gasteiger partial charge on any atom is 0.269 e. The van der Waals surface area contributed by atoms with E-state index in [0.717, 1.165) is 12.8 Å². The fourth-order valence-corrected chi connectivity index (χ4v) is 5.29. The number of benzene rings is 2. The Morgan fingerprint density at radius 1 is 1.03 bits per heavy atom. The average Bonchev–Trinajstić information content (AvgIpc) is 2.72. The van der Waals surface area contributed by atoms with Gasteiger partial charge in [0, 0.05) is 24.2 Å². The maximum atomic E-state index is 13.0. The minimum atomic E-state index is -3.82. The van der Waals surface area contributed by atoms with Gasteiger partial charge in [0.2, 0.25) is 10.0 Å². The highest BCUT2D eigenvalue weighted by Gasteiger charge is 2.31. The zero-order valence-electron chi connectivity index (χ0n) is 15.9. The van der Waals surface area contributed by atoms with Crippen LogP contribution in [0.25, 0.3) is 0 Å². The Labute approximate surface area is 175 Å². The topological polar surface area (TPSA) is 95.6 Å². The molecule has 29 heavy (non-hydrogen) atoms. The standard InChI is InChI=1S/C20H22ClN3O4S/c1-14-6-5-11-24(13-14)29(27,28)18-12-16(9-10-17(18)21)20(26)23-22-19(25)15-7-3-2-4-8-15/h2-4,7-10,12,14H,5-6,11,13H2,1H3,(H,22,25)(H,23,26)/t14-/m1/s1. The summed E-state index contributed by atoms with van der Waals surface area (Å²) in [7, 11) is -3.82. The molecule has 0 aliphatic carbocycles. The number of piperidine rings is 1. The van der Waals surface area contributed by atoms with Crippen molar-refractivity contribution in [1.82, 2.24) is 15.2 Å². The van der Waals surface area contributed by atoms with Gasteiger partial charge in [0.05, 0.1) is 5.02 Å². The third-order valence-corrected chi connectivity index (χ3v) is 7.10. The Hall–Kier alpha value is -2.42. The Bertz CT molecular complexity index is 1010. The molecule has 2 aromatic rings. The highest BCUT2D eigenvalue weighted by molar-refractivity contribution is 7.89. The monoisotopic (exact) mass is 435 g/mol. The fraction of sp³-hybridized carbons (Fsp3) is 0.300. The second-order valence-corrected chi connectivity index (χ2v) is 9.34. The molecule has 3 rings (SSSR count). The van der Waals surface area contributed by atoms with E-state index >= 15 is 0 Å². The van der Waals surface area contributed by atoms with Crippen molar-refractivity contribution in [3.05, 3.63) is 64.7 Å². The summed E-state index contributed by atoms with van der Waals surface area (Å²) in [6.07, 6.45) is 1.76. The van der Waals surface area contributed by atoms with Gasteiger partial charge in [-0.2, -0.15) is 4.31 Å². The van der Waals surface area contributed by atoms with Gasteiger partial charge in [0.1, 0.15) is 4.90 Å². The van der Waals surface area contributed by atoms with Gasteiger partial charge in [0.15, 0.2) is 0 Å². The number of hydrogen-bond donors (Lipinski definition) is 2. The van der Waals surface area contributed by atoms with Crippen molar-refractivity contribution >= 4 is 33.4 Å². The molecule has 9 heteroatoms. The Morgan fingerprint density at radius 2 is 1.69 bits per heavy atom. The van der Waals surface area contributed by atoms with Gasteiger partial charge in [-0.15, -0.1) is 0 Å². The van der Waals surface area contributed by atoms with Gasteiger partial charge in [-0.3, -0.25) is 20.4 Å². The van der Waals surface area contributed by atoms with E-state index in [1.165, 1.54) is 22.5 Å². The first kappa shape index (κ1) is 21.3. The van der Waals surface area contributed by atoms with Crippen molar-refractivity contribution in [2.24, 2.45) is 5.92 Å². The number of sulfonamides is 1. The largest absolute Gasteiger partial charge is 0.269 e. The van der Waals surface area contributed by atoms with Crippen LogP contribution in [-0.2, 0) is 10.0 Å². The van der Waals surface area contributed by atoms with Gasteiger partial charge in [0.25, 0.3) is 11.8 Å². The van der Waals surface area contributed by atoms with Crippen molar-refractivity contribution in [3.8, 4) is 0 Å². The van der Waals surface area contributed by atoms with Gasteiger partial charge >= 0.3 is 0 Å². The van der Waals surface area contributed by atoms with Crippen molar-refractivity contribution in [2.75, 3.05) is 13.1 Å². The number of hydrazine groups is 1. The molecular formula is C20H22ClN3O4S. The van der Waals surface area contributed by atoms with Gasteiger partial charge in [-0.25, -0.2) is 8.42 Å². The van der Waals surface area contributed by atoms with Crippen LogP contribution in [0.3, 0.4) is 0 Å². The third kappa shape index (κ3) is 4.95. The second-order valence-electron chi connectivity index (χ2n) is 7.03. The summed E-state index contributed by atoms with van der Waals surface area (Å²) in [5.74, 6) is -0.866. The highest BCUT2D eigenvalue weighted by atomic mass is 35.5. The van der Waals surface area contributed by atoms with Crippen LogP contribution in [0.15, 0.2) is 53.4 Å². The molecule has 0 saturated carbocycles. The first-order valence-corrected chi connectivity index (χ1v) is 11.1. The molecule has 0 unspecified atom stereocenters. The van der Waals surface area contributed by atoms with E-state index in [1.807, 2.05) is 6.92 Å². The first-order valence-electron chi connectivity index (χ1n) is 9.24. The SMILES string of the molecule is C[C@@H]1CCCN(S(=O)(=O)c2cc(C(=O)NNC(=O)c3ccccc3)ccc2Cl)C1. The molecule has 2 aromatic carbocycles. The van der Waals surface area contributed by atoms with E-state index in [9.17, 15) is 18.0 Å². The van der Waals surface area contributed by atoms with Crippen molar-refractivity contribution in [1.29, 1.82) is 0 Å². The molecule has 1 heterocycles. The third-order valence-electron chi connectivity index (χ3n) is 4.76. The molecule has 1 aliphatic heterocycles. The zero-order chi connectivity index (χ0) is 21.0. The van der Waals surface area contributed by atoms with Crippen LogP contribution < -0.4 is 10.9 Å². The van der Waals surface area contributed by atoms with E-state index in [-0.39, 0.29) is 21.4 Å². The summed E-state index contributed by atoms with van der Waals surface area (Å²) in [4.78, 5) is 24.4. The lowest BCUT2D eigenvalue weighted by Crippen LogP contribution is -2.42. The van der Waals surface area contributed by atoms with Crippen LogP contribution in [-0.4, -0.2) is 37.6 Å². The van der Waals surface area contributed by atoms with E-state index in [1.54, 1.807) is 30.3 Å². The van der Waals surface area contributed by atoms with E-state index < -0.39 is 21.8 Å². The highest BCUT2D eigenvalue weighted by Crippen LogP contribution is 2.29. The minimum absolute atomic E-state index is 0.0492. The minimum Gasteiger partial charge on any atom is -0.267 e. The van der Waals surface area contributed by atoms with Crippen LogP contribution in [0, 0.1) is 5.92 Å². The van der Waals surface area contributed by atoms with Crippen LogP contribution in [0.1, 0.15) is 40.5 Å². The molecule has 154 valence electrons. The normalized spacial score (nSPS) is 17.5. The molecule has 1 saturated heterocycles. The van der Waals surface area contributed by atoms with Gasteiger partial charge < -0.3 is 0 Å². The first-order chi connectivity index (χ1) is 13.8. The molecule has 1 fully saturated rings. The lowest BCUT2D eigenvalue weighted by Gasteiger charge is -2.30. The molecule has 1 aliphatic rings. The Balaban J connectivity index is 1.76. The van der Waals surface area contributed by atoms with Gasteiger partial charge in [-0.1, -0.05) is 36.7 Å².